The van der Waals surface area contributed by atoms with Crippen LogP contribution in [0.2, 0.25) is 0 Å². The van der Waals surface area contributed by atoms with Crippen LogP contribution in [-0.2, 0) is 36.4 Å². The van der Waals surface area contributed by atoms with Crippen molar-refractivity contribution < 1.29 is 58.6 Å². The first-order valence-electron chi connectivity index (χ1n) is 12.4. The lowest BCUT2D eigenvalue weighted by molar-refractivity contribution is -0.376. The summed E-state index contributed by atoms with van der Waals surface area (Å²) in [6.45, 7) is 1.58. The topological polar surface area (TPSA) is 101 Å². The number of aryl methyl sites for hydroxylation is 1. The largest absolute Gasteiger partial charge is 0.465 e. The Morgan fingerprint density at radius 3 is 2.17 bits per heavy atom. The molecule has 1 saturated heterocycles. The van der Waals surface area contributed by atoms with E-state index >= 15 is 0 Å². The molecular weight excluding hydrogens is 587 g/mol. The van der Waals surface area contributed by atoms with E-state index < -0.39 is 73.9 Å². The fourth-order valence-electron chi connectivity index (χ4n) is 5.11. The van der Waals surface area contributed by atoms with E-state index in [-0.39, 0.29) is 43.5 Å². The van der Waals surface area contributed by atoms with E-state index in [9.17, 15) is 53.8 Å². The normalized spacial score (nSPS) is 21.9. The molecule has 3 atom stereocenters. The first kappa shape index (κ1) is 30.8. The fraction of sp³-hybridized carbons (Fsp3) is 0.462. The molecule has 41 heavy (non-hydrogen) atoms. The maximum atomic E-state index is 13.7. The summed E-state index contributed by atoms with van der Waals surface area (Å²) < 4.78 is 128. The van der Waals surface area contributed by atoms with Gasteiger partial charge in [0.25, 0.3) is 15.6 Å². The lowest BCUT2D eigenvalue weighted by Crippen LogP contribution is -2.54. The van der Waals surface area contributed by atoms with E-state index in [1.165, 1.54) is 0 Å². The van der Waals surface area contributed by atoms with Crippen LogP contribution in [0.15, 0.2) is 47.4 Å². The minimum absolute atomic E-state index is 0.000922. The predicted molar refractivity (Wildman–Crippen MR) is 128 cm³/mol. The van der Waals surface area contributed by atoms with Gasteiger partial charge in [-0.25, -0.2) is 12.8 Å². The first-order chi connectivity index (χ1) is 18.9. The zero-order chi connectivity index (χ0) is 30.5. The smallest absolute Gasteiger partial charge is 0.430 e. The summed E-state index contributed by atoms with van der Waals surface area (Å²) in [4.78, 5) is 24.2. The van der Waals surface area contributed by atoms with Crippen LogP contribution in [0.25, 0.3) is 0 Å². The van der Waals surface area contributed by atoms with Crippen molar-refractivity contribution in [2.45, 2.75) is 61.5 Å². The van der Waals surface area contributed by atoms with Gasteiger partial charge in [-0.15, -0.1) is 0 Å². The zero-order valence-electron chi connectivity index (χ0n) is 21.3. The molecule has 2 heterocycles. The molecule has 4 rings (SSSR count). The van der Waals surface area contributed by atoms with Gasteiger partial charge in [0.2, 0.25) is 0 Å². The van der Waals surface area contributed by atoms with Crippen LogP contribution < -0.4 is 4.31 Å². The van der Waals surface area contributed by atoms with Crippen LogP contribution in [-0.4, -0.2) is 50.3 Å². The number of rotatable bonds is 7. The molecule has 2 aliphatic heterocycles. The van der Waals surface area contributed by atoms with E-state index in [2.05, 4.69) is 0 Å². The van der Waals surface area contributed by atoms with Gasteiger partial charge >= 0.3 is 18.3 Å². The van der Waals surface area contributed by atoms with Crippen molar-refractivity contribution in [3.05, 3.63) is 59.4 Å². The number of Topliss-reactive ketones (excluding diaryl/α,β-unsaturated/α-hetero) is 1. The SMILES string of the molecule is CC1C(=O)OC[C@H]1CC(=O)C[C@@H]1CCc2cc(C(O)(C(F)(F)F)C(F)(F)F)ccc2N1S(=O)(=O)c1ccc(F)cc1. The van der Waals surface area contributed by atoms with Crippen molar-refractivity contribution in [3.63, 3.8) is 0 Å². The number of sulfonamides is 1. The molecule has 0 bridgehead atoms. The Labute approximate surface area is 229 Å². The van der Waals surface area contributed by atoms with Crippen molar-refractivity contribution >= 4 is 27.5 Å². The van der Waals surface area contributed by atoms with Gasteiger partial charge in [0.15, 0.2) is 0 Å². The summed E-state index contributed by atoms with van der Waals surface area (Å²) in [7, 11) is -4.61. The minimum atomic E-state index is -6.15. The number of cyclic esters (lactones) is 1. The van der Waals surface area contributed by atoms with E-state index in [0.29, 0.717) is 12.1 Å². The summed E-state index contributed by atoms with van der Waals surface area (Å²) in [6, 6.07) is 3.97. The number of alkyl halides is 6. The minimum Gasteiger partial charge on any atom is -0.465 e. The quantitative estimate of drug-likeness (QED) is 0.357. The number of hydrogen-bond donors (Lipinski definition) is 1. The summed E-state index contributed by atoms with van der Waals surface area (Å²) in [5.74, 6) is -2.70. The van der Waals surface area contributed by atoms with Gasteiger partial charge in [0, 0.05) is 24.3 Å². The number of benzene rings is 2. The number of halogens is 7. The van der Waals surface area contributed by atoms with Gasteiger partial charge in [-0.05, 0) is 48.7 Å². The second-order valence-electron chi connectivity index (χ2n) is 10.1. The first-order valence-corrected chi connectivity index (χ1v) is 13.8. The Hall–Kier alpha value is -3.20. The molecule has 0 saturated carbocycles. The number of nitrogens with zero attached hydrogens (tertiary/aromatic N) is 1. The molecule has 224 valence electrons. The molecule has 0 spiro atoms. The molecule has 0 amide bonds. The highest BCUT2D eigenvalue weighted by Gasteiger charge is 2.71. The molecule has 2 aliphatic rings. The van der Waals surface area contributed by atoms with Crippen molar-refractivity contribution in [1.29, 1.82) is 0 Å². The number of aliphatic hydroxyl groups is 1. The molecule has 0 aromatic heterocycles. The summed E-state index contributed by atoms with van der Waals surface area (Å²) in [5.41, 5.74) is -7.31. The Morgan fingerprint density at radius 2 is 1.63 bits per heavy atom. The Kier molecular flexibility index (Phi) is 7.93. The number of carbonyl (C=O) groups is 2. The second-order valence-corrected chi connectivity index (χ2v) is 11.9. The van der Waals surface area contributed by atoms with Crippen LogP contribution in [0.3, 0.4) is 0 Å². The molecule has 1 unspecified atom stereocenters. The second kappa shape index (κ2) is 10.6. The molecule has 1 N–H and O–H groups in total. The number of anilines is 1. The third kappa shape index (κ3) is 5.53. The van der Waals surface area contributed by atoms with Gasteiger partial charge < -0.3 is 9.84 Å². The van der Waals surface area contributed by atoms with Crippen LogP contribution in [0.4, 0.5) is 36.4 Å². The molecule has 15 heteroatoms. The number of esters is 1. The predicted octanol–water partition coefficient (Wildman–Crippen LogP) is 4.81. The number of hydrogen-bond acceptors (Lipinski definition) is 6. The van der Waals surface area contributed by atoms with E-state index in [1.54, 1.807) is 6.92 Å². The number of ether oxygens (including phenoxy) is 1. The summed E-state index contributed by atoms with van der Waals surface area (Å²) in [5, 5.41) is 9.84. The third-order valence-corrected chi connectivity index (χ3v) is 9.36. The monoisotopic (exact) mass is 611 g/mol. The zero-order valence-corrected chi connectivity index (χ0v) is 22.1. The molecule has 7 nitrogen and oxygen atoms in total. The van der Waals surface area contributed by atoms with Gasteiger partial charge in [-0.3, -0.25) is 13.9 Å². The maximum Gasteiger partial charge on any atom is 0.430 e. The van der Waals surface area contributed by atoms with E-state index in [1.807, 2.05) is 0 Å². The number of carbonyl (C=O) groups excluding carboxylic acids is 2. The van der Waals surface area contributed by atoms with E-state index in [4.69, 9.17) is 4.74 Å². The van der Waals surface area contributed by atoms with Crippen LogP contribution in [0.1, 0.15) is 37.3 Å². The number of fused-ring (bicyclic) bond motifs is 1. The average molecular weight is 612 g/mol. The summed E-state index contributed by atoms with van der Waals surface area (Å²) >= 11 is 0. The highest BCUT2D eigenvalue weighted by Crippen LogP contribution is 2.51. The average Bonchev–Trinajstić information content (AvgIpc) is 3.18. The Morgan fingerprint density at radius 1 is 1.02 bits per heavy atom. The molecular formula is C26H24F7NO6S. The van der Waals surface area contributed by atoms with Crippen LogP contribution in [0, 0.1) is 17.7 Å². The van der Waals surface area contributed by atoms with Crippen molar-refractivity contribution in [3.8, 4) is 0 Å². The fourth-order valence-corrected chi connectivity index (χ4v) is 6.83. The van der Waals surface area contributed by atoms with Gasteiger partial charge in [-0.2, -0.15) is 26.3 Å². The number of ketones is 1. The third-order valence-electron chi connectivity index (χ3n) is 7.48. The maximum absolute atomic E-state index is 13.7. The molecule has 2 aromatic carbocycles. The van der Waals surface area contributed by atoms with Crippen LogP contribution >= 0.6 is 0 Å². The highest BCUT2D eigenvalue weighted by atomic mass is 32.2. The molecule has 0 aliphatic carbocycles. The van der Waals surface area contributed by atoms with Gasteiger partial charge in [-0.1, -0.05) is 19.1 Å². The molecule has 0 radical (unpaired) electrons. The van der Waals surface area contributed by atoms with Crippen molar-refractivity contribution in [2.75, 3.05) is 10.9 Å². The van der Waals surface area contributed by atoms with E-state index in [0.717, 1.165) is 34.6 Å². The van der Waals surface area contributed by atoms with Crippen LogP contribution in [0.5, 0.6) is 0 Å². The summed E-state index contributed by atoms with van der Waals surface area (Å²) in [6.07, 6.45) is -13.2. The standard InChI is InChI=1S/C26H24F7NO6S/c1-14-16(13-40-23(14)36)11-20(35)12-19-6-2-15-10-17(24(37,25(28,29)30)26(31,32)33)3-9-22(15)34(19)41(38,39)21-7-4-18(27)5-8-21/h3-5,7-10,14,16,19,37H,2,6,11-13H2,1H3/t14?,16-,19+/m1/s1. The highest BCUT2D eigenvalue weighted by molar-refractivity contribution is 7.92. The Bertz CT molecular complexity index is 1430. The lowest BCUT2D eigenvalue weighted by Gasteiger charge is -2.39. The van der Waals surface area contributed by atoms with Crippen molar-refractivity contribution in [1.82, 2.24) is 0 Å². The lowest BCUT2D eigenvalue weighted by atomic mass is 9.86. The molecule has 1 fully saturated rings. The van der Waals surface area contributed by atoms with Gasteiger partial charge in [0.1, 0.15) is 11.6 Å². The Balaban J connectivity index is 1.76. The molecule has 2 aromatic rings. The van der Waals surface area contributed by atoms with Crippen molar-refractivity contribution in [2.24, 2.45) is 11.8 Å². The van der Waals surface area contributed by atoms with Gasteiger partial charge in [0.05, 0.1) is 29.1 Å².